The molecule has 5 nitrogen and oxygen atoms in total. The Morgan fingerprint density at radius 3 is 2.65 bits per heavy atom. The molecular weight excluding hydrogens is 477 g/mol. The number of thiazole rings is 2. The fourth-order valence-corrected chi connectivity index (χ4v) is 3.96. The number of guanidine groups is 1. The first-order valence-corrected chi connectivity index (χ1v) is 10.7. The lowest BCUT2D eigenvalue weighted by atomic mass is 10.2. The van der Waals surface area contributed by atoms with Gasteiger partial charge in [-0.3, -0.25) is 4.99 Å². The van der Waals surface area contributed by atoms with Gasteiger partial charge < -0.3 is 10.6 Å². The average Bonchev–Trinajstić information content (AvgIpc) is 3.24. The molecule has 0 bridgehead atoms. The topological polar surface area (TPSA) is 62.2 Å². The third-order valence-corrected chi connectivity index (χ3v) is 6.02. The van der Waals surface area contributed by atoms with Crippen molar-refractivity contribution in [3.05, 3.63) is 32.2 Å². The highest BCUT2D eigenvalue weighted by Crippen LogP contribution is 2.19. The molecule has 0 unspecified atom stereocenters. The van der Waals surface area contributed by atoms with Gasteiger partial charge in [-0.25, -0.2) is 9.97 Å². The summed E-state index contributed by atoms with van der Waals surface area (Å²) in [7, 11) is 0. The summed E-state index contributed by atoms with van der Waals surface area (Å²) < 4.78 is 0. The van der Waals surface area contributed by atoms with Gasteiger partial charge >= 0.3 is 0 Å². The second-order valence-corrected chi connectivity index (χ2v) is 8.18. The Bertz CT molecular complexity index is 666. The van der Waals surface area contributed by atoms with Gasteiger partial charge in [-0.1, -0.05) is 20.8 Å². The fraction of sp³-hybridized carbons (Fsp3) is 0.611. The highest BCUT2D eigenvalue weighted by molar-refractivity contribution is 14.0. The molecule has 0 atom stereocenters. The van der Waals surface area contributed by atoms with Crippen molar-refractivity contribution >= 4 is 52.6 Å². The molecule has 0 aliphatic carbocycles. The SMILES string of the molecule is CCNC(=NCCc1ncc(CC)s1)NCCc1csc(C(C)C)n1.I. The summed E-state index contributed by atoms with van der Waals surface area (Å²) >= 11 is 3.54. The molecule has 146 valence electrons. The lowest BCUT2D eigenvalue weighted by molar-refractivity contribution is 0.778. The quantitative estimate of drug-likeness (QED) is 0.303. The van der Waals surface area contributed by atoms with Crippen LogP contribution in [-0.4, -0.2) is 35.6 Å². The summed E-state index contributed by atoms with van der Waals surface area (Å²) in [5.41, 5.74) is 1.16. The maximum absolute atomic E-state index is 4.68. The number of halogens is 1. The van der Waals surface area contributed by atoms with Gasteiger partial charge in [0.2, 0.25) is 0 Å². The molecule has 0 radical (unpaired) electrons. The highest BCUT2D eigenvalue weighted by atomic mass is 127. The zero-order valence-corrected chi connectivity index (χ0v) is 20.0. The minimum Gasteiger partial charge on any atom is -0.357 e. The third-order valence-electron chi connectivity index (χ3n) is 3.63. The standard InChI is InChI=1S/C18H29N5S2.HI/c1-5-15-11-22-16(25-15)8-10-21-18(19-6-2)20-9-7-14-12-24-17(23-14)13(3)4;/h11-13H,5-10H2,1-4H3,(H2,19,20,21);1H. The molecule has 0 amide bonds. The van der Waals surface area contributed by atoms with Gasteiger partial charge in [-0.05, 0) is 13.3 Å². The summed E-state index contributed by atoms with van der Waals surface area (Å²) in [5, 5.41) is 11.2. The molecule has 0 saturated carbocycles. The second kappa shape index (κ2) is 12.6. The largest absolute Gasteiger partial charge is 0.357 e. The lowest BCUT2D eigenvalue weighted by Gasteiger charge is -2.10. The van der Waals surface area contributed by atoms with Crippen LogP contribution in [0.2, 0.25) is 0 Å². The number of rotatable bonds is 9. The van der Waals surface area contributed by atoms with Crippen molar-refractivity contribution in [1.82, 2.24) is 20.6 Å². The molecule has 26 heavy (non-hydrogen) atoms. The Morgan fingerprint density at radius 2 is 2.04 bits per heavy atom. The van der Waals surface area contributed by atoms with Crippen LogP contribution in [0.15, 0.2) is 16.6 Å². The van der Waals surface area contributed by atoms with Crippen LogP contribution < -0.4 is 10.6 Å². The van der Waals surface area contributed by atoms with Crippen molar-refractivity contribution < 1.29 is 0 Å². The van der Waals surface area contributed by atoms with E-state index in [2.05, 4.69) is 58.7 Å². The van der Waals surface area contributed by atoms with E-state index in [1.807, 2.05) is 6.20 Å². The number of hydrogen-bond donors (Lipinski definition) is 2. The van der Waals surface area contributed by atoms with Crippen molar-refractivity contribution in [3.8, 4) is 0 Å². The molecule has 0 aliphatic heterocycles. The van der Waals surface area contributed by atoms with Gasteiger partial charge in [0.1, 0.15) is 0 Å². The first kappa shape index (κ1) is 23.3. The zero-order valence-electron chi connectivity index (χ0n) is 16.0. The Hall–Kier alpha value is -0.740. The molecule has 2 N–H and O–H groups in total. The van der Waals surface area contributed by atoms with Crippen molar-refractivity contribution in [2.45, 2.75) is 52.9 Å². The van der Waals surface area contributed by atoms with Crippen LogP contribution in [0.25, 0.3) is 0 Å². The van der Waals surface area contributed by atoms with E-state index in [0.717, 1.165) is 50.6 Å². The molecule has 0 aromatic carbocycles. The fourth-order valence-electron chi connectivity index (χ4n) is 2.24. The van der Waals surface area contributed by atoms with Crippen LogP contribution in [-0.2, 0) is 19.3 Å². The van der Waals surface area contributed by atoms with Gasteiger partial charge in [0.15, 0.2) is 5.96 Å². The third kappa shape index (κ3) is 7.87. The van der Waals surface area contributed by atoms with Gasteiger partial charge in [0.25, 0.3) is 0 Å². The van der Waals surface area contributed by atoms with E-state index in [-0.39, 0.29) is 24.0 Å². The number of nitrogens with one attached hydrogen (secondary N) is 2. The molecule has 0 fully saturated rings. The van der Waals surface area contributed by atoms with E-state index in [1.54, 1.807) is 22.7 Å². The molecule has 2 rings (SSSR count). The van der Waals surface area contributed by atoms with Crippen molar-refractivity contribution in [1.29, 1.82) is 0 Å². The second-order valence-electron chi connectivity index (χ2n) is 6.09. The average molecular weight is 508 g/mol. The number of nitrogens with zero attached hydrogens (tertiary/aromatic N) is 3. The first-order chi connectivity index (χ1) is 12.1. The number of aliphatic imine (C=N–C) groups is 1. The summed E-state index contributed by atoms with van der Waals surface area (Å²) in [5.74, 6) is 1.37. The summed E-state index contributed by atoms with van der Waals surface area (Å²) in [6.07, 6.45) is 4.85. The maximum atomic E-state index is 4.68. The number of hydrogen-bond acceptors (Lipinski definition) is 5. The lowest BCUT2D eigenvalue weighted by Crippen LogP contribution is -2.38. The number of aromatic nitrogens is 2. The van der Waals surface area contributed by atoms with E-state index in [9.17, 15) is 0 Å². The number of aryl methyl sites for hydroxylation is 1. The molecular formula is C18H30IN5S2. The van der Waals surface area contributed by atoms with E-state index in [4.69, 9.17) is 0 Å². The molecule has 2 aromatic heterocycles. The monoisotopic (exact) mass is 507 g/mol. The van der Waals surface area contributed by atoms with Gasteiger partial charge in [-0.15, -0.1) is 46.7 Å². The molecule has 0 saturated heterocycles. The van der Waals surface area contributed by atoms with Crippen LogP contribution in [0.1, 0.15) is 54.2 Å². The molecule has 0 aliphatic rings. The van der Waals surface area contributed by atoms with E-state index < -0.39 is 0 Å². The van der Waals surface area contributed by atoms with E-state index in [1.165, 1.54) is 14.9 Å². The van der Waals surface area contributed by atoms with Crippen molar-refractivity contribution in [2.75, 3.05) is 19.6 Å². The Balaban J connectivity index is 0.00000338. The normalized spacial score (nSPS) is 11.5. The minimum atomic E-state index is 0. The molecule has 8 heteroatoms. The molecule has 2 aromatic rings. The van der Waals surface area contributed by atoms with Gasteiger partial charge in [-0.2, -0.15) is 0 Å². The van der Waals surface area contributed by atoms with Crippen LogP contribution in [0, 0.1) is 0 Å². The Kier molecular flexibility index (Phi) is 11.3. The van der Waals surface area contributed by atoms with Crippen LogP contribution >= 0.6 is 46.7 Å². The molecule has 2 heterocycles. The van der Waals surface area contributed by atoms with Gasteiger partial charge in [0, 0.05) is 54.8 Å². The predicted octanol–water partition coefficient (Wildman–Crippen LogP) is 4.24. The summed E-state index contributed by atoms with van der Waals surface area (Å²) in [6.45, 7) is 11.1. The summed E-state index contributed by atoms with van der Waals surface area (Å²) in [6, 6.07) is 0. The van der Waals surface area contributed by atoms with Crippen LogP contribution in [0.3, 0.4) is 0 Å². The van der Waals surface area contributed by atoms with Crippen molar-refractivity contribution in [3.63, 3.8) is 0 Å². The smallest absolute Gasteiger partial charge is 0.191 e. The van der Waals surface area contributed by atoms with E-state index >= 15 is 0 Å². The van der Waals surface area contributed by atoms with Crippen LogP contribution in [0.4, 0.5) is 0 Å². The van der Waals surface area contributed by atoms with E-state index in [0.29, 0.717) is 5.92 Å². The minimum absolute atomic E-state index is 0. The molecule has 0 spiro atoms. The van der Waals surface area contributed by atoms with Gasteiger partial charge in [0.05, 0.1) is 15.7 Å². The van der Waals surface area contributed by atoms with Crippen LogP contribution in [0.5, 0.6) is 0 Å². The predicted molar refractivity (Wildman–Crippen MR) is 124 cm³/mol. The van der Waals surface area contributed by atoms with Crippen molar-refractivity contribution in [2.24, 2.45) is 4.99 Å². The Morgan fingerprint density at radius 1 is 1.23 bits per heavy atom. The zero-order chi connectivity index (χ0) is 18.1. The summed E-state index contributed by atoms with van der Waals surface area (Å²) in [4.78, 5) is 15.1. The highest BCUT2D eigenvalue weighted by Gasteiger charge is 2.06. The Labute approximate surface area is 182 Å². The first-order valence-electron chi connectivity index (χ1n) is 9.02. The maximum Gasteiger partial charge on any atom is 0.191 e.